The maximum Gasteiger partial charge on any atom is 0.128 e. The molecule has 1 heterocycles. The summed E-state index contributed by atoms with van der Waals surface area (Å²) in [5.41, 5.74) is 6.95. The highest BCUT2D eigenvalue weighted by Gasteiger charge is 2.28. The number of rotatable bonds is 8. The lowest BCUT2D eigenvalue weighted by Crippen LogP contribution is -2.38. The van der Waals surface area contributed by atoms with Crippen molar-refractivity contribution in [3.8, 4) is 0 Å². The molecule has 1 rings (SSSR count). The molecule has 0 aromatic carbocycles. The Morgan fingerprint density at radius 1 is 1.40 bits per heavy atom. The zero-order chi connectivity index (χ0) is 15.1. The number of hydrogen-bond acceptors (Lipinski definition) is 4. The molecular formula is C15H26ClN3O. The van der Waals surface area contributed by atoms with Crippen LogP contribution in [0.25, 0.3) is 0 Å². The summed E-state index contributed by atoms with van der Waals surface area (Å²) < 4.78 is 5.92. The molecule has 0 aliphatic heterocycles. The number of nitrogens with one attached hydrogen (secondary N) is 1. The van der Waals surface area contributed by atoms with E-state index >= 15 is 0 Å². The monoisotopic (exact) mass is 299 g/mol. The van der Waals surface area contributed by atoms with Gasteiger partial charge in [0.25, 0.3) is 0 Å². The van der Waals surface area contributed by atoms with E-state index in [4.69, 9.17) is 22.1 Å². The lowest BCUT2D eigenvalue weighted by atomic mass is 9.93. The summed E-state index contributed by atoms with van der Waals surface area (Å²) >= 11 is 6.07. The number of halogens is 1. The molecule has 0 radical (unpaired) electrons. The lowest BCUT2D eigenvalue weighted by molar-refractivity contribution is 0.00294. The van der Waals surface area contributed by atoms with Crippen LogP contribution in [0, 0.1) is 5.92 Å². The van der Waals surface area contributed by atoms with Gasteiger partial charge in [0.15, 0.2) is 0 Å². The van der Waals surface area contributed by atoms with Crippen molar-refractivity contribution in [1.82, 2.24) is 10.3 Å². The summed E-state index contributed by atoms with van der Waals surface area (Å²) in [5, 5.41) is 4.11. The topological polar surface area (TPSA) is 60.2 Å². The second kappa shape index (κ2) is 8.45. The first kappa shape index (κ1) is 17.2. The SMILES string of the molecule is CCCNC(c1cc(Cl)cnc1N)C(OCC)C(C)C. The molecule has 5 heteroatoms. The first-order chi connectivity index (χ1) is 9.51. The third-order valence-corrected chi connectivity index (χ3v) is 3.42. The highest BCUT2D eigenvalue weighted by atomic mass is 35.5. The van der Waals surface area contributed by atoms with Crippen LogP contribution in [0.15, 0.2) is 12.3 Å². The minimum atomic E-state index is 0.00102. The molecular weight excluding hydrogens is 274 g/mol. The molecule has 3 N–H and O–H groups in total. The van der Waals surface area contributed by atoms with E-state index in [9.17, 15) is 0 Å². The van der Waals surface area contributed by atoms with E-state index < -0.39 is 0 Å². The number of hydrogen-bond donors (Lipinski definition) is 2. The molecule has 0 saturated carbocycles. The van der Waals surface area contributed by atoms with Gasteiger partial charge in [-0.3, -0.25) is 0 Å². The van der Waals surface area contributed by atoms with Gasteiger partial charge in [0.05, 0.1) is 17.2 Å². The third-order valence-electron chi connectivity index (χ3n) is 3.21. The van der Waals surface area contributed by atoms with E-state index in [0.29, 0.717) is 23.4 Å². The van der Waals surface area contributed by atoms with Crippen LogP contribution in [0.5, 0.6) is 0 Å². The number of pyridine rings is 1. The molecule has 4 nitrogen and oxygen atoms in total. The molecule has 0 bridgehead atoms. The Hall–Kier alpha value is -0.840. The van der Waals surface area contributed by atoms with Crippen LogP contribution in [0.4, 0.5) is 5.82 Å². The maximum atomic E-state index is 6.07. The van der Waals surface area contributed by atoms with Gasteiger partial charge in [-0.1, -0.05) is 32.4 Å². The van der Waals surface area contributed by atoms with E-state index in [-0.39, 0.29) is 12.1 Å². The van der Waals surface area contributed by atoms with Crippen molar-refractivity contribution in [3.63, 3.8) is 0 Å². The second-order valence-corrected chi connectivity index (χ2v) is 5.66. The van der Waals surface area contributed by atoms with Crippen LogP contribution < -0.4 is 11.1 Å². The number of nitrogens with two attached hydrogens (primary N) is 1. The van der Waals surface area contributed by atoms with Gasteiger partial charge in [-0.25, -0.2) is 4.98 Å². The average Bonchev–Trinajstić information content (AvgIpc) is 2.41. The van der Waals surface area contributed by atoms with Gasteiger partial charge >= 0.3 is 0 Å². The van der Waals surface area contributed by atoms with Gasteiger partial charge in [-0.15, -0.1) is 0 Å². The predicted octanol–water partition coefficient (Wildman–Crippen LogP) is 3.42. The number of aromatic nitrogens is 1. The smallest absolute Gasteiger partial charge is 0.128 e. The molecule has 114 valence electrons. The van der Waals surface area contributed by atoms with E-state index in [1.54, 1.807) is 6.20 Å². The zero-order valence-electron chi connectivity index (χ0n) is 12.8. The van der Waals surface area contributed by atoms with Crippen LogP contribution in [0.3, 0.4) is 0 Å². The van der Waals surface area contributed by atoms with Crippen molar-refractivity contribution in [1.29, 1.82) is 0 Å². The Balaban J connectivity index is 3.11. The first-order valence-corrected chi connectivity index (χ1v) is 7.64. The second-order valence-electron chi connectivity index (χ2n) is 5.22. The summed E-state index contributed by atoms with van der Waals surface area (Å²) in [6, 6.07) is 1.88. The summed E-state index contributed by atoms with van der Waals surface area (Å²) in [5.74, 6) is 0.871. The fraction of sp³-hybridized carbons (Fsp3) is 0.667. The minimum Gasteiger partial charge on any atom is -0.383 e. The van der Waals surface area contributed by atoms with Gasteiger partial charge in [0, 0.05) is 18.4 Å². The predicted molar refractivity (Wildman–Crippen MR) is 84.9 cm³/mol. The summed E-state index contributed by atoms with van der Waals surface area (Å²) in [7, 11) is 0. The molecule has 1 aromatic rings. The van der Waals surface area contributed by atoms with Crippen molar-refractivity contribution in [3.05, 3.63) is 22.8 Å². The fourth-order valence-corrected chi connectivity index (χ4v) is 2.45. The summed E-state index contributed by atoms with van der Waals surface area (Å²) in [6.07, 6.45) is 2.65. The lowest BCUT2D eigenvalue weighted by Gasteiger charge is -2.31. The van der Waals surface area contributed by atoms with E-state index in [2.05, 4.69) is 31.1 Å². The Kier molecular flexibility index (Phi) is 7.27. The van der Waals surface area contributed by atoms with Gasteiger partial charge in [0.1, 0.15) is 5.82 Å². The highest BCUT2D eigenvalue weighted by molar-refractivity contribution is 6.30. The normalized spacial score (nSPS) is 14.5. The average molecular weight is 300 g/mol. The van der Waals surface area contributed by atoms with Crippen molar-refractivity contribution in [2.24, 2.45) is 5.92 Å². The highest BCUT2D eigenvalue weighted by Crippen LogP contribution is 2.29. The summed E-state index contributed by atoms with van der Waals surface area (Å²) in [4.78, 5) is 4.16. The van der Waals surface area contributed by atoms with Crippen molar-refractivity contribution in [2.45, 2.75) is 46.3 Å². The largest absolute Gasteiger partial charge is 0.383 e. The maximum absolute atomic E-state index is 6.07. The molecule has 2 atom stereocenters. The molecule has 0 aliphatic carbocycles. The quantitative estimate of drug-likeness (QED) is 0.772. The Bertz CT molecular complexity index is 412. The number of ether oxygens (including phenoxy) is 1. The van der Waals surface area contributed by atoms with Gasteiger partial charge < -0.3 is 15.8 Å². The Labute approximate surface area is 127 Å². The molecule has 20 heavy (non-hydrogen) atoms. The zero-order valence-corrected chi connectivity index (χ0v) is 13.6. The molecule has 1 aromatic heterocycles. The van der Waals surface area contributed by atoms with Crippen LogP contribution >= 0.6 is 11.6 Å². The molecule has 0 fully saturated rings. The van der Waals surface area contributed by atoms with Crippen LogP contribution in [-0.4, -0.2) is 24.2 Å². The van der Waals surface area contributed by atoms with E-state index in [1.807, 2.05) is 13.0 Å². The van der Waals surface area contributed by atoms with Crippen LogP contribution in [0.1, 0.15) is 45.7 Å². The van der Waals surface area contributed by atoms with Crippen LogP contribution in [-0.2, 0) is 4.74 Å². The van der Waals surface area contributed by atoms with E-state index in [0.717, 1.165) is 18.5 Å². The Morgan fingerprint density at radius 2 is 2.10 bits per heavy atom. The van der Waals surface area contributed by atoms with Gasteiger partial charge in [-0.05, 0) is 31.9 Å². The molecule has 0 saturated heterocycles. The fourth-order valence-electron chi connectivity index (χ4n) is 2.28. The minimum absolute atomic E-state index is 0.00102. The third kappa shape index (κ3) is 4.62. The van der Waals surface area contributed by atoms with Crippen molar-refractivity contribution in [2.75, 3.05) is 18.9 Å². The van der Waals surface area contributed by atoms with Crippen molar-refractivity contribution < 1.29 is 4.74 Å². The molecule has 0 amide bonds. The van der Waals surface area contributed by atoms with E-state index in [1.165, 1.54) is 0 Å². The molecule has 0 aliphatic rings. The Morgan fingerprint density at radius 3 is 2.65 bits per heavy atom. The van der Waals surface area contributed by atoms with Gasteiger partial charge in [0.2, 0.25) is 0 Å². The molecule has 2 unspecified atom stereocenters. The standard InChI is InChI=1S/C15H26ClN3O/c1-5-7-18-13(14(10(3)4)20-6-2)12-8-11(16)9-19-15(12)17/h8-10,13-14,18H,5-7H2,1-4H3,(H2,17,19). The van der Waals surface area contributed by atoms with Gasteiger partial charge in [-0.2, -0.15) is 0 Å². The molecule has 0 spiro atoms. The summed E-state index contributed by atoms with van der Waals surface area (Å²) in [6.45, 7) is 10.00. The number of nitrogen functional groups attached to an aromatic ring is 1. The van der Waals surface area contributed by atoms with Crippen molar-refractivity contribution >= 4 is 17.4 Å². The number of anilines is 1. The number of nitrogens with zero attached hydrogens (tertiary/aromatic N) is 1. The first-order valence-electron chi connectivity index (χ1n) is 7.27. The van der Waals surface area contributed by atoms with Crippen LogP contribution in [0.2, 0.25) is 5.02 Å².